The first kappa shape index (κ1) is 13.5. The first-order valence-electron chi connectivity index (χ1n) is 6.46. The molecule has 1 fully saturated rings. The number of sulfone groups is 1. The van der Waals surface area contributed by atoms with Gasteiger partial charge in [0.25, 0.3) is 0 Å². The Morgan fingerprint density at radius 2 is 2.10 bits per heavy atom. The van der Waals surface area contributed by atoms with Gasteiger partial charge < -0.3 is 0 Å². The Hall–Kier alpha value is -1.47. The molecule has 2 aromatic rings. The summed E-state index contributed by atoms with van der Waals surface area (Å²) in [5, 5.41) is 7.06. The van der Waals surface area contributed by atoms with E-state index in [0.29, 0.717) is 17.7 Å². The van der Waals surface area contributed by atoms with Gasteiger partial charge in [-0.1, -0.05) is 30.3 Å². The van der Waals surface area contributed by atoms with Gasteiger partial charge in [-0.25, -0.2) is 8.42 Å². The molecule has 2 heterocycles. The van der Waals surface area contributed by atoms with E-state index in [1.807, 2.05) is 34.9 Å². The van der Waals surface area contributed by atoms with Crippen molar-refractivity contribution in [3.8, 4) is 11.4 Å². The van der Waals surface area contributed by atoms with E-state index in [0.717, 1.165) is 11.4 Å². The van der Waals surface area contributed by atoms with E-state index in [4.69, 9.17) is 12.2 Å². The second kappa shape index (κ2) is 5.14. The maximum atomic E-state index is 11.6. The van der Waals surface area contributed by atoms with Crippen molar-refractivity contribution in [2.45, 2.75) is 13.0 Å². The average Bonchev–Trinajstić information content (AvgIpc) is 2.95. The molecule has 1 atom stereocenters. The van der Waals surface area contributed by atoms with E-state index >= 15 is 0 Å². The molecule has 0 radical (unpaired) electrons. The SMILES string of the molecule is O=S1(=O)CCC(Cn2c(-c3ccccc3)n[nH]c2=S)C1. The molecule has 1 aromatic carbocycles. The lowest BCUT2D eigenvalue weighted by Gasteiger charge is -2.11. The molecule has 5 nitrogen and oxygen atoms in total. The molecule has 3 rings (SSSR count). The van der Waals surface area contributed by atoms with Crippen LogP contribution in [0.3, 0.4) is 0 Å². The standard InChI is InChI=1S/C13H15N3O2S2/c17-20(18)7-6-10(9-20)8-16-12(14-15-13(16)19)11-4-2-1-3-5-11/h1-5,10H,6-9H2,(H,15,19). The fraction of sp³-hybridized carbons (Fsp3) is 0.385. The fourth-order valence-corrected chi connectivity index (χ4v) is 4.62. The van der Waals surface area contributed by atoms with Gasteiger partial charge in [0.1, 0.15) is 0 Å². The van der Waals surface area contributed by atoms with E-state index < -0.39 is 9.84 Å². The lowest BCUT2D eigenvalue weighted by atomic mass is 10.1. The van der Waals surface area contributed by atoms with Crippen molar-refractivity contribution in [1.29, 1.82) is 0 Å². The second-order valence-corrected chi connectivity index (χ2v) is 7.71. The molecule has 1 aliphatic rings. The summed E-state index contributed by atoms with van der Waals surface area (Å²) in [7, 11) is -2.87. The number of aromatic nitrogens is 3. The van der Waals surface area contributed by atoms with Gasteiger partial charge in [-0.05, 0) is 24.6 Å². The molecule has 1 aliphatic heterocycles. The van der Waals surface area contributed by atoms with Crippen molar-refractivity contribution in [2.24, 2.45) is 5.92 Å². The Labute approximate surface area is 122 Å². The van der Waals surface area contributed by atoms with E-state index in [2.05, 4.69) is 10.2 Å². The normalized spacial score (nSPS) is 21.1. The first-order chi connectivity index (χ1) is 9.55. The van der Waals surface area contributed by atoms with Gasteiger partial charge in [-0.15, -0.1) is 0 Å². The fourth-order valence-electron chi connectivity index (χ4n) is 2.57. The van der Waals surface area contributed by atoms with E-state index in [-0.39, 0.29) is 17.4 Å². The van der Waals surface area contributed by atoms with Crippen molar-refractivity contribution >= 4 is 22.1 Å². The summed E-state index contributed by atoms with van der Waals surface area (Å²) >= 11 is 5.26. The number of hydrogen-bond acceptors (Lipinski definition) is 4. The maximum absolute atomic E-state index is 11.6. The topological polar surface area (TPSA) is 67.8 Å². The summed E-state index contributed by atoms with van der Waals surface area (Å²) in [4.78, 5) is 0. The minimum atomic E-state index is -2.87. The van der Waals surface area contributed by atoms with Crippen molar-refractivity contribution in [1.82, 2.24) is 14.8 Å². The molecule has 1 saturated heterocycles. The highest BCUT2D eigenvalue weighted by molar-refractivity contribution is 7.91. The first-order valence-corrected chi connectivity index (χ1v) is 8.69. The van der Waals surface area contributed by atoms with Crippen LogP contribution in [0, 0.1) is 10.7 Å². The second-order valence-electron chi connectivity index (χ2n) is 5.10. The molecular weight excluding hydrogens is 294 g/mol. The van der Waals surface area contributed by atoms with Gasteiger partial charge in [0.15, 0.2) is 20.4 Å². The van der Waals surface area contributed by atoms with Crippen molar-refractivity contribution < 1.29 is 8.42 Å². The molecule has 0 spiro atoms. The molecule has 0 amide bonds. The Morgan fingerprint density at radius 3 is 2.75 bits per heavy atom. The molecule has 1 unspecified atom stereocenters. The molecule has 1 N–H and O–H groups in total. The van der Waals surface area contributed by atoms with Gasteiger partial charge in [0, 0.05) is 12.1 Å². The van der Waals surface area contributed by atoms with Crippen LogP contribution in [0.2, 0.25) is 0 Å². The molecule has 20 heavy (non-hydrogen) atoms. The third-order valence-electron chi connectivity index (χ3n) is 3.56. The molecule has 0 bridgehead atoms. The van der Waals surface area contributed by atoms with Crippen LogP contribution in [0.1, 0.15) is 6.42 Å². The highest BCUT2D eigenvalue weighted by Crippen LogP contribution is 2.23. The Morgan fingerprint density at radius 1 is 1.35 bits per heavy atom. The Kier molecular flexibility index (Phi) is 3.47. The summed E-state index contributed by atoms with van der Waals surface area (Å²) in [5.74, 6) is 1.41. The molecule has 106 valence electrons. The van der Waals surface area contributed by atoms with Gasteiger partial charge in [0.2, 0.25) is 0 Å². The number of benzene rings is 1. The van der Waals surface area contributed by atoms with Crippen molar-refractivity contribution in [2.75, 3.05) is 11.5 Å². The largest absolute Gasteiger partial charge is 0.300 e. The van der Waals surface area contributed by atoms with Crippen LogP contribution in [0.15, 0.2) is 30.3 Å². The number of nitrogens with one attached hydrogen (secondary N) is 1. The van der Waals surface area contributed by atoms with Gasteiger partial charge in [-0.3, -0.25) is 9.67 Å². The van der Waals surface area contributed by atoms with Crippen LogP contribution in [-0.2, 0) is 16.4 Å². The number of aromatic amines is 1. The minimum Gasteiger partial charge on any atom is -0.300 e. The van der Waals surface area contributed by atoms with Crippen LogP contribution < -0.4 is 0 Å². The van der Waals surface area contributed by atoms with Crippen LogP contribution in [0.4, 0.5) is 0 Å². The van der Waals surface area contributed by atoms with E-state index in [1.54, 1.807) is 0 Å². The third-order valence-corrected chi connectivity index (χ3v) is 5.71. The van der Waals surface area contributed by atoms with Crippen molar-refractivity contribution in [3.05, 3.63) is 35.1 Å². The summed E-state index contributed by atoms with van der Waals surface area (Å²) in [6.07, 6.45) is 0.698. The van der Waals surface area contributed by atoms with Gasteiger partial charge >= 0.3 is 0 Å². The molecule has 7 heteroatoms. The van der Waals surface area contributed by atoms with Gasteiger partial charge in [-0.2, -0.15) is 5.10 Å². The lowest BCUT2D eigenvalue weighted by Crippen LogP contribution is -2.13. The van der Waals surface area contributed by atoms with Crippen molar-refractivity contribution in [3.63, 3.8) is 0 Å². The molecule has 0 saturated carbocycles. The quantitative estimate of drug-likeness (QED) is 0.881. The Balaban J connectivity index is 1.91. The Bertz CT molecular complexity index is 762. The summed E-state index contributed by atoms with van der Waals surface area (Å²) in [6.45, 7) is 0.596. The number of nitrogens with zero attached hydrogens (tertiary/aromatic N) is 2. The zero-order chi connectivity index (χ0) is 14.2. The smallest absolute Gasteiger partial charge is 0.195 e. The summed E-state index contributed by atoms with van der Waals surface area (Å²) < 4.78 is 25.5. The zero-order valence-electron chi connectivity index (χ0n) is 10.8. The monoisotopic (exact) mass is 309 g/mol. The summed E-state index contributed by atoms with van der Waals surface area (Å²) in [6, 6.07) is 9.76. The lowest BCUT2D eigenvalue weighted by molar-refractivity contribution is 0.489. The highest BCUT2D eigenvalue weighted by atomic mass is 32.2. The third kappa shape index (κ3) is 2.69. The van der Waals surface area contributed by atoms with E-state index in [1.165, 1.54) is 0 Å². The zero-order valence-corrected chi connectivity index (χ0v) is 12.5. The maximum Gasteiger partial charge on any atom is 0.195 e. The van der Waals surface area contributed by atoms with E-state index in [9.17, 15) is 8.42 Å². The average molecular weight is 309 g/mol. The number of rotatable bonds is 3. The highest BCUT2D eigenvalue weighted by Gasteiger charge is 2.28. The van der Waals surface area contributed by atoms with Crippen LogP contribution in [-0.4, -0.2) is 34.7 Å². The molecule has 1 aromatic heterocycles. The van der Waals surface area contributed by atoms with Crippen LogP contribution in [0.5, 0.6) is 0 Å². The number of hydrogen-bond donors (Lipinski definition) is 1. The predicted octanol–water partition coefficient (Wildman–Crippen LogP) is 2.04. The van der Waals surface area contributed by atoms with Gasteiger partial charge in [0.05, 0.1) is 11.5 Å². The predicted molar refractivity (Wildman–Crippen MR) is 79.6 cm³/mol. The molecule has 0 aliphatic carbocycles. The molecular formula is C13H15N3O2S2. The number of H-pyrrole nitrogens is 1. The minimum absolute atomic E-state index is 0.117. The van der Waals surface area contributed by atoms with Crippen LogP contribution >= 0.6 is 12.2 Å². The summed E-state index contributed by atoms with van der Waals surface area (Å²) in [5.41, 5.74) is 0.973. The van der Waals surface area contributed by atoms with Crippen LogP contribution in [0.25, 0.3) is 11.4 Å².